The summed E-state index contributed by atoms with van der Waals surface area (Å²) in [5, 5.41) is 0. The Morgan fingerprint density at radius 3 is 2.05 bits per heavy atom. The molecule has 3 nitrogen and oxygen atoms in total. The van der Waals surface area contributed by atoms with Crippen LogP contribution in [-0.4, -0.2) is 19.1 Å². The van der Waals surface area contributed by atoms with Gasteiger partial charge in [0.15, 0.2) is 0 Å². The molecule has 0 saturated heterocycles. The molecule has 0 fully saturated rings. The Morgan fingerprint density at radius 1 is 1.10 bits per heavy atom. The van der Waals surface area contributed by atoms with Crippen LogP contribution in [0.1, 0.15) is 65.0 Å². The number of carbonyl (C=O) groups excluding carboxylic acids is 1. The lowest BCUT2D eigenvalue weighted by molar-refractivity contribution is -0.145. The summed E-state index contributed by atoms with van der Waals surface area (Å²) >= 11 is 0. The summed E-state index contributed by atoms with van der Waals surface area (Å²) in [5.41, 5.74) is 2.30. The van der Waals surface area contributed by atoms with E-state index in [1.165, 1.54) is 38.3 Å². The number of ether oxygens (including phenoxy) is 1. The number of carbonyl (C=O) groups is 1. The van der Waals surface area contributed by atoms with Crippen molar-refractivity contribution in [1.29, 1.82) is 0 Å². The van der Waals surface area contributed by atoms with Crippen molar-refractivity contribution >= 4 is 11.7 Å². The molecule has 0 aliphatic carbocycles. The molecule has 118 valence electrons. The third kappa shape index (κ3) is 6.19. The quantitative estimate of drug-likeness (QED) is 0.617. The molecule has 1 rings (SSSR count). The number of hydrogen-bond acceptors (Lipinski definition) is 3. The van der Waals surface area contributed by atoms with Crippen LogP contribution in [0.5, 0.6) is 0 Å². The van der Waals surface area contributed by atoms with E-state index in [1.54, 1.807) is 0 Å². The Balaban J connectivity index is 2.73. The molecular weight excluding hydrogens is 262 g/mol. The van der Waals surface area contributed by atoms with Gasteiger partial charge in [-0.25, -0.2) is 0 Å². The van der Waals surface area contributed by atoms with E-state index in [0.29, 0.717) is 0 Å². The fourth-order valence-corrected chi connectivity index (χ4v) is 2.34. The van der Waals surface area contributed by atoms with Gasteiger partial charge in [0.25, 0.3) is 0 Å². The highest BCUT2D eigenvalue weighted by Gasteiger charge is 2.10. The second kappa shape index (κ2) is 9.43. The van der Waals surface area contributed by atoms with Crippen LogP contribution < -0.4 is 4.90 Å². The lowest BCUT2D eigenvalue weighted by atomic mass is 10.1. The van der Waals surface area contributed by atoms with Crippen molar-refractivity contribution in [2.24, 2.45) is 0 Å². The van der Waals surface area contributed by atoms with Gasteiger partial charge in [0.05, 0.1) is 0 Å². The Hall–Kier alpha value is -1.51. The third-order valence-electron chi connectivity index (χ3n) is 3.63. The molecule has 21 heavy (non-hydrogen) atoms. The van der Waals surface area contributed by atoms with Crippen molar-refractivity contribution < 1.29 is 9.53 Å². The van der Waals surface area contributed by atoms with Gasteiger partial charge in [0, 0.05) is 25.7 Å². The highest BCUT2D eigenvalue weighted by atomic mass is 16.5. The molecule has 1 aromatic rings. The van der Waals surface area contributed by atoms with Crippen molar-refractivity contribution in [1.82, 2.24) is 0 Å². The van der Waals surface area contributed by atoms with E-state index in [1.807, 2.05) is 6.92 Å². The average Bonchev–Trinajstić information content (AvgIpc) is 2.47. The predicted molar refractivity (Wildman–Crippen MR) is 88.7 cm³/mol. The first-order chi connectivity index (χ1) is 10.1. The van der Waals surface area contributed by atoms with E-state index in [4.69, 9.17) is 4.74 Å². The van der Waals surface area contributed by atoms with E-state index in [-0.39, 0.29) is 12.1 Å². The average molecular weight is 291 g/mol. The van der Waals surface area contributed by atoms with Gasteiger partial charge in [-0.1, -0.05) is 38.8 Å². The van der Waals surface area contributed by atoms with E-state index in [2.05, 4.69) is 43.0 Å². The molecular formula is C18H29NO2. The van der Waals surface area contributed by atoms with Gasteiger partial charge in [-0.2, -0.15) is 0 Å². The summed E-state index contributed by atoms with van der Waals surface area (Å²) in [4.78, 5) is 13.5. The van der Waals surface area contributed by atoms with Gasteiger partial charge in [-0.3, -0.25) is 4.79 Å². The molecule has 0 spiro atoms. The number of unbranched alkanes of at least 4 members (excludes halogenated alkanes) is 2. The van der Waals surface area contributed by atoms with Crippen molar-refractivity contribution in [3.05, 3.63) is 29.8 Å². The maximum absolute atomic E-state index is 11.0. The van der Waals surface area contributed by atoms with Crippen molar-refractivity contribution in [3.8, 4) is 0 Å². The fraction of sp³-hybridized carbons (Fsp3) is 0.611. The largest absolute Gasteiger partial charge is 0.458 e. The van der Waals surface area contributed by atoms with E-state index in [9.17, 15) is 4.79 Å². The summed E-state index contributed by atoms with van der Waals surface area (Å²) in [6.45, 7) is 10.0. The molecule has 0 heterocycles. The normalized spacial score (nSPS) is 12.0. The molecule has 0 amide bonds. The standard InChI is InChI=1S/C18H29NO2/c1-5-7-13-19(14-8-6-2)18-11-9-17(10-12-18)15(3)21-16(4)20/h9-12,15H,5-8,13-14H2,1-4H3. The molecule has 0 aliphatic heterocycles. The van der Waals surface area contributed by atoms with E-state index in [0.717, 1.165) is 18.7 Å². The summed E-state index contributed by atoms with van der Waals surface area (Å²) in [6, 6.07) is 8.41. The van der Waals surface area contributed by atoms with Crippen LogP contribution >= 0.6 is 0 Å². The second-order valence-electron chi connectivity index (χ2n) is 5.54. The van der Waals surface area contributed by atoms with Crippen molar-refractivity contribution in [2.75, 3.05) is 18.0 Å². The minimum absolute atomic E-state index is 0.184. The first kappa shape index (κ1) is 17.5. The summed E-state index contributed by atoms with van der Waals surface area (Å²) in [7, 11) is 0. The monoisotopic (exact) mass is 291 g/mol. The zero-order valence-electron chi connectivity index (χ0n) is 13.9. The first-order valence-corrected chi connectivity index (χ1v) is 8.10. The highest BCUT2D eigenvalue weighted by molar-refractivity contribution is 5.66. The van der Waals surface area contributed by atoms with Crippen LogP contribution in [0.4, 0.5) is 5.69 Å². The number of esters is 1. The number of anilines is 1. The minimum Gasteiger partial charge on any atom is -0.458 e. The Labute approximate surface area is 129 Å². The lowest BCUT2D eigenvalue weighted by Gasteiger charge is -2.25. The second-order valence-corrected chi connectivity index (χ2v) is 5.54. The highest BCUT2D eigenvalue weighted by Crippen LogP contribution is 2.22. The number of nitrogens with zero attached hydrogens (tertiary/aromatic N) is 1. The molecule has 0 aromatic heterocycles. The van der Waals surface area contributed by atoms with Crippen molar-refractivity contribution in [2.45, 2.75) is 59.5 Å². The molecule has 3 heteroatoms. The molecule has 0 aliphatic rings. The van der Waals surface area contributed by atoms with E-state index >= 15 is 0 Å². The van der Waals surface area contributed by atoms with Gasteiger partial charge in [-0.15, -0.1) is 0 Å². The molecule has 1 aromatic carbocycles. The van der Waals surface area contributed by atoms with Crippen molar-refractivity contribution in [3.63, 3.8) is 0 Å². The Kier molecular flexibility index (Phi) is 7.88. The maximum Gasteiger partial charge on any atom is 0.303 e. The smallest absolute Gasteiger partial charge is 0.303 e. The number of rotatable bonds is 9. The summed E-state index contributed by atoms with van der Waals surface area (Å²) in [5.74, 6) is -0.237. The van der Waals surface area contributed by atoms with Crippen LogP contribution in [-0.2, 0) is 9.53 Å². The summed E-state index contributed by atoms with van der Waals surface area (Å²) in [6.07, 6.45) is 4.68. The molecule has 0 saturated carbocycles. The van der Waals surface area contributed by atoms with Crippen LogP contribution in [0.2, 0.25) is 0 Å². The molecule has 0 radical (unpaired) electrons. The van der Waals surface area contributed by atoms with Gasteiger partial charge >= 0.3 is 5.97 Å². The molecule has 0 bridgehead atoms. The SMILES string of the molecule is CCCCN(CCCC)c1ccc(C(C)OC(C)=O)cc1. The van der Waals surface area contributed by atoms with Gasteiger partial charge in [0.1, 0.15) is 6.10 Å². The lowest BCUT2D eigenvalue weighted by Crippen LogP contribution is -2.25. The Bertz CT molecular complexity index is 406. The Morgan fingerprint density at radius 2 is 1.62 bits per heavy atom. The molecule has 1 atom stereocenters. The van der Waals surface area contributed by atoms with Gasteiger partial charge < -0.3 is 9.64 Å². The number of benzene rings is 1. The van der Waals surface area contributed by atoms with Crippen LogP contribution in [0, 0.1) is 0 Å². The van der Waals surface area contributed by atoms with Crippen LogP contribution in [0.25, 0.3) is 0 Å². The first-order valence-electron chi connectivity index (χ1n) is 8.10. The number of hydrogen-bond donors (Lipinski definition) is 0. The minimum atomic E-state index is -0.237. The van der Waals surface area contributed by atoms with E-state index < -0.39 is 0 Å². The zero-order chi connectivity index (χ0) is 15.7. The maximum atomic E-state index is 11.0. The third-order valence-corrected chi connectivity index (χ3v) is 3.63. The van der Waals surface area contributed by atoms with Crippen LogP contribution in [0.15, 0.2) is 24.3 Å². The molecule has 0 N–H and O–H groups in total. The fourth-order valence-electron chi connectivity index (χ4n) is 2.34. The van der Waals surface area contributed by atoms with Crippen LogP contribution in [0.3, 0.4) is 0 Å². The van der Waals surface area contributed by atoms with Gasteiger partial charge in [0.2, 0.25) is 0 Å². The zero-order valence-corrected chi connectivity index (χ0v) is 13.9. The summed E-state index contributed by atoms with van der Waals surface area (Å²) < 4.78 is 5.21. The van der Waals surface area contributed by atoms with Gasteiger partial charge in [-0.05, 0) is 37.5 Å². The molecule has 1 unspecified atom stereocenters. The topological polar surface area (TPSA) is 29.5 Å². The predicted octanol–water partition coefficient (Wildman–Crippen LogP) is 4.72.